The number of carbonyl (C=O) groups excluding carboxylic acids is 1. The van der Waals surface area contributed by atoms with Crippen LogP contribution in [-0.2, 0) is 4.79 Å². The fraction of sp³-hybridized carbons (Fsp3) is 0.240. The lowest BCUT2D eigenvalue weighted by atomic mass is 9.68. The van der Waals surface area contributed by atoms with Crippen LogP contribution < -0.4 is 5.32 Å². The number of halogens is 1. The molecule has 0 radical (unpaired) electrons. The maximum atomic E-state index is 13.3. The Bertz CT molecular complexity index is 1160. The van der Waals surface area contributed by atoms with Crippen molar-refractivity contribution in [3.63, 3.8) is 0 Å². The van der Waals surface area contributed by atoms with Crippen molar-refractivity contribution in [1.82, 2.24) is 0 Å². The Balaban J connectivity index is 1.82. The lowest BCUT2D eigenvalue weighted by Crippen LogP contribution is -2.32. The average Bonchev–Trinajstić information content (AvgIpc) is 2.66. The van der Waals surface area contributed by atoms with E-state index in [1.807, 2.05) is 0 Å². The molecular weight excluding hydrogens is 457 g/mol. The molecule has 5 rings (SSSR count). The summed E-state index contributed by atoms with van der Waals surface area (Å²) in [6, 6.07) is 21.2. The molecule has 3 aromatic carbocycles. The molecule has 3 aromatic rings. The molecule has 0 bridgehead atoms. The Morgan fingerprint density at radius 1 is 0.964 bits per heavy atom. The van der Waals surface area contributed by atoms with Gasteiger partial charge in [0.25, 0.3) is 0 Å². The van der Waals surface area contributed by atoms with E-state index in [-0.39, 0.29) is 17.2 Å². The molecule has 140 valence electrons. The molecule has 0 saturated heterocycles. The molecule has 1 N–H and O–H groups in total. The van der Waals surface area contributed by atoms with Crippen LogP contribution in [0, 0.1) is 8.99 Å². The van der Waals surface area contributed by atoms with Crippen molar-refractivity contribution >= 4 is 50.4 Å². The van der Waals surface area contributed by atoms with Crippen LogP contribution in [0.3, 0.4) is 0 Å². The molecule has 1 aliphatic carbocycles. The van der Waals surface area contributed by atoms with E-state index >= 15 is 0 Å². The van der Waals surface area contributed by atoms with Crippen LogP contribution in [0.4, 0.5) is 5.69 Å². The highest BCUT2D eigenvalue weighted by atomic mass is 127. The van der Waals surface area contributed by atoms with Crippen LogP contribution in [0.5, 0.6) is 0 Å². The topological polar surface area (TPSA) is 29.1 Å². The predicted octanol–water partition coefficient (Wildman–Crippen LogP) is 6.75. The maximum absolute atomic E-state index is 13.3. The molecule has 3 heteroatoms. The lowest BCUT2D eigenvalue weighted by molar-refractivity contribution is -0.116. The van der Waals surface area contributed by atoms with Gasteiger partial charge in [-0.05, 0) is 57.0 Å². The van der Waals surface area contributed by atoms with Crippen molar-refractivity contribution in [1.29, 1.82) is 0 Å². The zero-order valence-corrected chi connectivity index (χ0v) is 18.2. The summed E-state index contributed by atoms with van der Waals surface area (Å²) in [7, 11) is 0. The molecule has 28 heavy (non-hydrogen) atoms. The second-order valence-electron chi connectivity index (χ2n) is 8.65. The smallest absolute Gasteiger partial charge is 0.164 e. The number of anilines is 1. The molecule has 1 heterocycles. The van der Waals surface area contributed by atoms with Gasteiger partial charge in [0.15, 0.2) is 5.78 Å². The van der Waals surface area contributed by atoms with E-state index in [1.165, 1.54) is 25.5 Å². The van der Waals surface area contributed by atoms with Crippen molar-refractivity contribution in [3.8, 4) is 0 Å². The van der Waals surface area contributed by atoms with E-state index in [0.717, 1.165) is 23.2 Å². The van der Waals surface area contributed by atoms with E-state index < -0.39 is 0 Å². The first-order valence-electron chi connectivity index (χ1n) is 9.74. The first kappa shape index (κ1) is 17.9. The van der Waals surface area contributed by atoms with Gasteiger partial charge in [0.05, 0.1) is 11.7 Å². The summed E-state index contributed by atoms with van der Waals surface area (Å²) in [5.74, 6) is 0.278. The lowest BCUT2D eigenvalue weighted by Gasteiger charge is -2.40. The normalized spacial score (nSPS) is 20.5. The van der Waals surface area contributed by atoms with Crippen LogP contribution in [0.2, 0.25) is 0 Å². The van der Waals surface area contributed by atoms with Gasteiger partial charge in [0.2, 0.25) is 0 Å². The van der Waals surface area contributed by atoms with Crippen LogP contribution in [0.15, 0.2) is 66.2 Å². The summed E-state index contributed by atoms with van der Waals surface area (Å²) >= 11 is 2.41. The van der Waals surface area contributed by atoms with Crippen molar-refractivity contribution < 1.29 is 4.79 Å². The third-order valence-corrected chi connectivity index (χ3v) is 6.94. The van der Waals surface area contributed by atoms with Gasteiger partial charge in [0, 0.05) is 26.5 Å². The fourth-order valence-corrected chi connectivity index (χ4v) is 5.48. The summed E-state index contributed by atoms with van der Waals surface area (Å²) in [5.41, 5.74) is 5.59. The third kappa shape index (κ3) is 2.79. The Kier molecular flexibility index (Phi) is 4.13. The summed E-state index contributed by atoms with van der Waals surface area (Å²) in [6.07, 6.45) is 1.54. The molecule has 0 fully saturated rings. The number of nitrogens with one attached hydrogen (secondary N) is 1. The maximum Gasteiger partial charge on any atom is 0.164 e. The van der Waals surface area contributed by atoms with Gasteiger partial charge in [-0.15, -0.1) is 0 Å². The van der Waals surface area contributed by atoms with Gasteiger partial charge < -0.3 is 5.32 Å². The predicted molar refractivity (Wildman–Crippen MR) is 124 cm³/mol. The van der Waals surface area contributed by atoms with Crippen LogP contribution in [0.1, 0.15) is 43.9 Å². The Morgan fingerprint density at radius 2 is 1.71 bits per heavy atom. The van der Waals surface area contributed by atoms with Crippen molar-refractivity contribution in [2.45, 2.75) is 32.7 Å². The summed E-state index contributed by atoms with van der Waals surface area (Å²) in [5, 5.41) is 6.22. The van der Waals surface area contributed by atoms with Crippen LogP contribution >= 0.6 is 22.6 Å². The minimum atomic E-state index is -0.00951. The number of hydrogen-bond donors (Lipinski definition) is 1. The monoisotopic (exact) mass is 479 g/mol. The molecule has 0 spiro atoms. The minimum absolute atomic E-state index is 0.00951. The van der Waals surface area contributed by atoms with E-state index in [1.54, 1.807) is 0 Å². The average molecular weight is 479 g/mol. The number of carbonyl (C=O) groups is 1. The van der Waals surface area contributed by atoms with Gasteiger partial charge in [-0.2, -0.15) is 0 Å². The van der Waals surface area contributed by atoms with Gasteiger partial charge in [-0.3, -0.25) is 4.79 Å². The minimum Gasteiger partial charge on any atom is -0.373 e. The molecule has 1 aliphatic heterocycles. The standard InChI is InChI=1S/C25H22INO/c1-25(2)13-19-22(21(28)14-25)18-12-11-15-7-3-4-8-16(15)23(18)27-24(19)17-9-5-6-10-20(17)26/h3-12,24,27H,13-14H2,1-2H3/t24-/m0/s1. The van der Waals surface area contributed by atoms with Crippen molar-refractivity contribution in [2.24, 2.45) is 5.41 Å². The molecule has 1 atom stereocenters. The molecular formula is C25H22INO. The van der Waals surface area contributed by atoms with E-state index in [0.29, 0.717) is 6.42 Å². The Hall–Kier alpha value is -2.14. The third-order valence-electron chi connectivity index (χ3n) is 5.96. The number of benzene rings is 3. The highest BCUT2D eigenvalue weighted by Crippen LogP contribution is 2.51. The molecule has 0 unspecified atom stereocenters. The first-order chi connectivity index (χ1) is 13.4. The summed E-state index contributed by atoms with van der Waals surface area (Å²) in [6.45, 7) is 4.41. The first-order valence-corrected chi connectivity index (χ1v) is 10.8. The van der Waals surface area contributed by atoms with E-state index in [4.69, 9.17) is 0 Å². The quantitative estimate of drug-likeness (QED) is 0.391. The number of Topliss-reactive ketones (excluding diaryl/α,β-unsaturated/α-hetero) is 1. The number of allylic oxidation sites excluding steroid dienone is 1. The zero-order chi connectivity index (χ0) is 19.5. The van der Waals surface area contributed by atoms with Crippen molar-refractivity contribution in [3.05, 3.63) is 80.9 Å². The van der Waals surface area contributed by atoms with Crippen LogP contribution in [0.25, 0.3) is 16.3 Å². The highest BCUT2D eigenvalue weighted by molar-refractivity contribution is 14.1. The van der Waals surface area contributed by atoms with E-state index in [2.05, 4.69) is 102 Å². The fourth-order valence-electron chi connectivity index (χ4n) is 4.78. The summed E-state index contributed by atoms with van der Waals surface area (Å²) < 4.78 is 1.23. The largest absolute Gasteiger partial charge is 0.373 e. The van der Waals surface area contributed by atoms with Crippen LogP contribution in [-0.4, -0.2) is 5.78 Å². The molecule has 0 amide bonds. The molecule has 2 nitrogen and oxygen atoms in total. The Morgan fingerprint density at radius 3 is 2.54 bits per heavy atom. The van der Waals surface area contributed by atoms with Gasteiger partial charge >= 0.3 is 0 Å². The van der Waals surface area contributed by atoms with E-state index in [9.17, 15) is 4.79 Å². The number of fused-ring (bicyclic) bond motifs is 4. The number of ketones is 1. The second-order valence-corrected chi connectivity index (χ2v) is 9.81. The molecule has 0 saturated carbocycles. The zero-order valence-electron chi connectivity index (χ0n) is 16.1. The second kappa shape index (κ2) is 6.45. The summed E-state index contributed by atoms with van der Waals surface area (Å²) in [4.78, 5) is 13.3. The highest BCUT2D eigenvalue weighted by Gasteiger charge is 2.40. The molecule has 0 aromatic heterocycles. The van der Waals surface area contributed by atoms with Gasteiger partial charge in [-0.1, -0.05) is 68.4 Å². The molecule has 2 aliphatic rings. The number of hydrogen-bond acceptors (Lipinski definition) is 2. The SMILES string of the molecule is CC1(C)CC(=O)C2=C(C1)[C@H](c1ccccc1I)Nc1c2ccc2ccccc12. The Labute approximate surface area is 179 Å². The van der Waals surface area contributed by atoms with Gasteiger partial charge in [-0.25, -0.2) is 0 Å². The van der Waals surface area contributed by atoms with Crippen molar-refractivity contribution in [2.75, 3.05) is 5.32 Å². The van der Waals surface area contributed by atoms with Gasteiger partial charge in [0.1, 0.15) is 0 Å². The number of rotatable bonds is 1.